The van der Waals surface area contributed by atoms with E-state index in [2.05, 4.69) is 34.4 Å². The number of nitrogens with one attached hydrogen (secondary N) is 2. The molecule has 0 bridgehead atoms. The molecule has 196 valence electrons. The second kappa shape index (κ2) is 8.98. The minimum Gasteiger partial charge on any atom is -0.325 e. The second-order valence-corrected chi connectivity index (χ2v) is 11.6. The van der Waals surface area contributed by atoms with Gasteiger partial charge in [0.1, 0.15) is 5.82 Å². The zero-order valence-electron chi connectivity index (χ0n) is 21.5. The van der Waals surface area contributed by atoms with Crippen molar-refractivity contribution < 1.29 is 18.4 Å². The number of pyridine rings is 1. The summed E-state index contributed by atoms with van der Waals surface area (Å²) in [5.74, 6) is -1.33. The van der Waals surface area contributed by atoms with Crippen molar-refractivity contribution in [2.75, 3.05) is 23.7 Å². The van der Waals surface area contributed by atoms with Gasteiger partial charge >= 0.3 is 0 Å². The van der Waals surface area contributed by atoms with Gasteiger partial charge in [-0.2, -0.15) is 0 Å². The van der Waals surface area contributed by atoms with Gasteiger partial charge in [-0.25, -0.2) is 13.8 Å². The smallest absolute Gasteiger partial charge is 0.238 e. The molecule has 0 radical (unpaired) electrons. The van der Waals surface area contributed by atoms with Crippen molar-refractivity contribution in [2.45, 2.75) is 51.0 Å². The fourth-order valence-corrected chi connectivity index (χ4v) is 6.44. The highest BCUT2D eigenvalue weighted by Gasteiger charge is 2.51. The number of carbonyl (C=O) groups is 2. The van der Waals surface area contributed by atoms with E-state index in [9.17, 15) is 18.4 Å². The molecule has 1 aromatic heterocycles. The molecule has 1 fully saturated rings. The molecule has 3 aromatic rings. The van der Waals surface area contributed by atoms with Crippen LogP contribution in [0.3, 0.4) is 0 Å². The Bertz CT molecular complexity index is 1460. The van der Waals surface area contributed by atoms with Gasteiger partial charge in [0.05, 0.1) is 12.0 Å². The Hall–Kier alpha value is -3.65. The van der Waals surface area contributed by atoms with Crippen LogP contribution in [-0.2, 0) is 27.8 Å². The summed E-state index contributed by atoms with van der Waals surface area (Å²) >= 11 is 0. The van der Waals surface area contributed by atoms with Gasteiger partial charge in [-0.1, -0.05) is 32.0 Å². The van der Waals surface area contributed by atoms with Crippen molar-refractivity contribution in [3.05, 3.63) is 88.6 Å². The van der Waals surface area contributed by atoms with Crippen LogP contribution in [0.1, 0.15) is 55.0 Å². The zero-order valence-corrected chi connectivity index (χ0v) is 21.5. The molecule has 8 heteroatoms. The molecule has 1 saturated heterocycles. The van der Waals surface area contributed by atoms with E-state index < -0.39 is 17.0 Å². The summed E-state index contributed by atoms with van der Waals surface area (Å²) in [4.78, 5) is 32.5. The average molecular weight is 517 g/mol. The lowest BCUT2D eigenvalue weighted by atomic mass is 9.79. The van der Waals surface area contributed by atoms with Gasteiger partial charge in [0.15, 0.2) is 11.6 Å². The SMILES string of the molecule is CC1(C)CCC(c2ccc(F)c(F)c2)N(CC(=O)Nc2ccc3c(c2)C[C@@]2(C3)C(=O)Nc3ncccc32)C1. The third-order valence-corrected chi connectivity index (χ3v) is 8.31. The van der Waals surface area contributed by atoms with Crippen LogP contribution in [-0.4, -0.2) is 34.8 Å². The number of hydrogen-bond donors (Lipinski definition) is 2. The Morgan fingerprint density at radius 2 is 1.92 bits per heavy atom. The van der Waals surface area contributed by atoms with E-state index in [0.717, 1.165) is 35.6 Å². The summed E-state index contributed by atoms with van der Waals surface area (Å²) < 4.78 is 27.5. The fourth-order valence-electron chi connectivity index (χ4n) is 6.44. The maximum absolute atomic E-state index is 14.0. The summed E-state index contributed by atoms with van der Waals surface area (Å²) in [5.41, 5.74) is 3.74. The van der Waals surface area contributed by atoms with Gasteiger partial charge in [-0.3, -0.25) is 14.5 Å². The minimum absolute atomic E-state index is 0.00421. The van der Waals surface area contributed by atoms with Gasteiger partial charge in [0, 0.05) is 30.0 Å². The van der Waals surface area contributed by atoms with Crippen molar-refractivity contribution in [3.8, 4) is 0 Å². The molecular formula is C30H30F2N4O2. The molecule has 1 unspecified atom stereocenters. The van der Waals surface area contributed by atoms with E-state index >= 15 is 0 Å². The largest absolute Gasteiger partial charge is 0.325 e. The van der Waals surface area contributed by atoms with Crippen LogP contribution in [0.5, 0.6) is 0 Å². The maximum atomic E-state index is 14.0. The quantitative estimate of drug-likeness (QED) is 0.503. The first-order valence-corrected chi connectivity index (χ1v) is 13.0. The summed E-state index contributed by atoms with van der Waals surface area (Å²) in [6.45, 7) is 5.11. The number of fused-ring (bicyclic) bond motifs is 3. The first-order chi connectivity index (χ1) is 18.1. The Morgan fingerprint density at radius 3 is 2.74 bits per heavy atom. The van der Waals surface area contributed by atoms with Gasteiger partial charge in [-0.15, -0.1) is 0 Å². The molecule has 6 nitrogen and oxygen atoms in total. The molecule has 3 heterocycles. The molecule has 2 aliphatic heterocycles. The van der Waals surface area contributed by atoms with Crippen molar-refractivity contribution in [1.29, 1.82) is 0 Å². The van der Waals surface area contributed by atoms with E-state index in [1.54, 1.807) is 12.3 Å². The molecule has 2 N–H and O–H groups in total. The van der Waals surface area contributed by atoms with Crippen molar-refractivity contribution in [1.82, 2.24) is 9.88 Å². The maximum Gasteiger partial charge on any atom is 0.238 e. The topological polar surface area (TPSA) is 74.3 Å². The number of anilines is 2. The highest BCUT2D eigenvalue weighted by atomic mass is 19.2. The fraction of sp³-hybridized carbons (Fsp3) is 0.367. The van der Waals surface area contributed by atoms with Gasteiger partial charge < -0.3 is 10.6 Å². The molecule has 0 saturated carbocycles. The number of amides is 2. The molecule has 1 aliphatic carbocycles. The summed E-state index contributed by atoms with van der Waals surface area (Å²) in [7, 11) is 0. The number of carbonyl (C=O) groups excluding carboxylic acids is 2. The van der Waals surface area contributed by atoms with Crippen LogP contribution in [0.2, 0.25) is 0 Å². The van der Waals surface area contributed by atoms with Gasteiger partial charge in [0.25, 0.3) is 0 Å². The number of nitrogens with zero attached hydrogens (tertiary/aromatic N) is 2. The second-order valence-electron chi connectivity index (χ2n) is 11.6. The van der Waals surface area contributed by atoms with Gasteiger partial charge in [0.2, 0.25) is 11.8 Å². The third-order valence-electron chi connectivity index (χ3n) is 8.31. The van der Waals surface area contributed by atoms with E-state index in [0.29, 0.717) is 36.5 Å². The van der Waals surface area contributed by atoms with Crippen LogP contribution >= 0.6 is 0 Å². The van der Waals surface area contributed by atoms with Crippen molar-refractivity contribution in [2.24, 2.45) is 5.41 Å². The highest BCUT2D eigenvalue weighted by molar-refractivity contribution is 6.06. The van der Waals surface area contributed by atoms with E-state index in [1.807, 2.05) is 30.3 Å². The lowest BCUT2D eigenvalue weighted by molar-refractivity contribution is -0.120. The molecule has 1 spiro atoms. The summed E-state index contributed by atoms with van der Waals surface area (Å²) in [6.07, 6.45) is 4.50. The van der Waals surface area contributed by atoms with Crippen LogP contribution in [0, 0.1) is 17.0 Å². The molecule has 2 atom stereocenters. The van der Waals surface area contributed by atoms with Crippen LogP contribution in [0.4, 0.5) is 20.3 Å². The molecule has 6 rings (SSSR count). The van der Waals surface area contributed by atoms with E-state index in [1.165, 1.54) is 6.07 Å². The number of halogens is 2. The number of piperidine rings is 1. The van der Waals surface area contributed by atoms with Crippen molar-refractivity contribution >= 4 is 23.3 Å². The van der Waals surface area contributed by atoms with Crippen LogP contribution < -0.4 is 10.6 Å². The number of hydrogen-bond acceptors (Lipinski definition) is 4. The first kappa shape index (κ1) is 24.7. The predicted molar refractivity (Wildman–Crippen MR) is 141 cm³/mol. The summed E-state index contributed by atoms with van der Waals surface area (Å²) in [6, 6.07) is 13.5. The lowest BCUT2D eigenvalue weighted by Gasteiger charge is -2.43. The average Bonchev–Trinajstić information content (AvgIpc) is 3.38. The Morgan fingerprint density at radius 1 is 1.11 bits per heavy atom. The Labute approximate surface area is 220 Å². The molecule has 2 aromatic carbocycles. The molecule has 2 amide bonds. The Balaban J connectivity index is 1.19. The number of benzene rings is 2. The predicted octanol–water partition coefficient (Wildman–Crippen LogP) is 5.15. The molecular weight excluding hydrogens is 486 g/mol. The van der Waals surface area contributed by atoms with Crippen LogP contribution in [0.15, 0.2) is 54.7 Å². The monoisotopic (exact) mass is 516 g/mol. The number of aromatic nitrogens is 1. The molecule has 3 aliphatic rings. The van der Waals surface area contributed by atoms with E-state index in [4.69, 9.17) is 0 Å². The third kappa shape index (κ3) is 4.26. The van der Waals surface area contributed by atoms with Crippen molar-refractivity contribution in [3.63, 3.8) is 0 Å². The molecule has 38 heavy (non-hydrogen) atoms. The van der Waals surface area contributed by atoms with E-state index in [-0.39, 0.29) is 29.8 Å². The first-order valence-electron chi connectivity index (χ1n) is 13.0. The zero-order chi connectivity index (χ0) is 26.7. The Kier molecular flexibility index (Phi) is 5.83. The number of likely N-dealkylation sites (tertiary alicyclic amines) is 1. The summed E-state index contributed by atoms with van der Waals surface area (Å²) in [5, 5.41) is 5.94. The lowest BCUT2D eigenvalue weighted by Crippen LogP contribution is -2.45. The minimum atomic E-state index is -0.873. The highest BCUT2D eigenvalue weighted by Crippen LogP contribution is 2.47. The standard InChI is InChI=1S/C30H30F2N4O2/c1-29(2)10-9-25(18-6-8-23(31)24(32)13-18)36(17-29)16-26(37)34-21-7-5-19-14-30(15-20(19)12-21)22-4-3-11-33-27(22)35-28(30)38/h3-8,11-13,25H,9-10,14-17H2,1-2H3,(H,34,37)(H,33,35,38)/t25?,30-/m1/s1. The van der Waals surface area contributed by atoms with Crippen LogP contribution in [0.25, 0.3) is 0 Å². The van der Waals surface area contributed by atoms with Gasteiger partial charge in [-0.05, 0) is 78.1 Å². The number of rotatable bonds is 4. The normalized spacial score (nSPS) is 23.7.